The summed E-state index contributed by atoms with van der Waals surface area (Å²) < 4.78 is 6.01. The minimum atomic E-state index is 0.353. The van der Waals surface area contributed by atoms with Gasteiger partial charge in [0.15, 0.2) is 0 Å². The number of halogens is 1. The molecular formula is C17H15ClN2OS. The Morgan fingerprint density at radius 3 is 2.59 bits per heavy atom. The molecule has 1 aromatic carbocycles. The average Bonchev–Trinajstić information content (AvgIpc) is 2.92. The lowest BCUT2D eigenvalue weighted by Crippen LogP contribution is -1.87. The number of rotatable bonds is 4. The Kier molecular flexibility index (Phi) is 4.41. The van der Waals surface area contributed by atoms with Crippen molar-refractivity contribution in [2.45, 2.75) is 19.8 Å². The first-order chi connectivity index (χ1) is 10.6. The zero-order valence-electron chi connectivity index (χ0n) is 12.3. The molecule has 2 heterocycles. The van der Waals surface area contributed by atoms with Crippen molar-refractivity contribution >= 4 is 22.9 Å². The second-order valence-corrected chi connectivity index (χ2v) is 6.51. The molecule has 3 aromatic rings. The number of ether oxygens (including phenoxy) is 1. The fraction of sp³-hybridized carbons (Fsp3) is 0.176. The van der Waals surface area contributed by atoms with E-state index in [1.807, 2.05) is 30.3 Å². The van der Waals surface area contributed by atoms with Crippen LogP contribution in [0.4, 0.5) is 0 Å². The molecule has 0 spiro atoms. The molecule has 112 valence electrons. The summed E-state index contributed by atoms with van der Waals surface area (Å²) in [7, 11) is 0. The maximum atomic E-state index is 6.01. The Bertz CT molecular complexity index is 771. The highest BCUT2D eigenvalue weighted by Gasteiger charge is 2.17. The lowest BCUT2D eigenvalue weighted by atomic mass is 10.1. The van der Waals surface area contributed by atoms with Gasteiger partial charge < -0.3 is 4.74 Å². The van der Waals surface area contributed by atoms with Crippen LogP contribution >= 0.6 is 22.9 Å². The third kappa shape index (κ3) is 3.29. The van der Waals surface area contributed by atoms with Crippen LogP contribution in [0.15, 0.2) is 48.7 Å². The van der Waals surface area contributed by atoms with Gasteiger partial charge in [0.05, 0.1) is 5.01 Å². The van der Waals surface area contributed by atoms with Gasteiger partial charge in [-0.25, -0.2) is 9.97 Å². The Balaban J connectivity index is 2.02. The van der Waals surface area contributed by atoms with E-state index in [2.05, 4.69) is 18.8 Å². The van der Waals surface area contributed by atoms with Gasteiger partial charge in [0.25, 0.3) is 0 Å². The van der Waals surface area contributed by atoms with Crippen LogP contribution in [0.1, 0.15) is 24.8 Å². The molecule has 0 fully saturated rings. The van der Waals surface area contributed by atoms with E-state index in [0.29, 0.717) is 16.8 Å². The summed E-state index contributed by atoms with van der Waals surface area (Å²) in [6, 6.07) is 13.5. The van der Waals surface area contributed by atoms with Crippen LogP contribution in [0.3, 0.4) is 0 Å². The first kappa shape index (κ1) is 15.0. The van der Waals surface area contributed by atoms with Crippen LogP contribution in [-0.4, -0.2) is 9.97 Å². The Hall–Kier alpha value is -1.91. The summed E-state index contributed by atoms with van der Waals surface area (Å²) in [5, 5.41) is 2.23. The smallest absolute Gasteiger partial charge is 0.208 e. The van der Waals surface area contributed by atoms with Gasteiger partial charge in [-0.05, 0) is 6.07 Å². The first-order valence-corrected chi connectivity index (χ1v) is 8.18. The molecule has 0 N–H and O–H groups in total. The molecule has 2 aromatic heterocycles. The fourth-order valence-electron chi connectivity index (χ4n) is 1.97. The molecule has 0 saturated heterocycles. The number of hydrogen-bond acceptors (Lipinski definition) is 4. The van der Waals surface area contributed by atoms with Crippen molar-refractivity contribution < 1.29 is 4.74 Å². The van der Waals surface area contributed by atoms with E-state index in [1.165, 1.54) is 0 Å². The number of aromatic nitrogens is 2. The number of pyridine rings is 1. The van der Waals surface area contributed by atoms with Gasteiger partial charge in [0.1, 0.15) is 16.6 Å². The molecule has 0 atom stereocenters. The van der Waals surface area contributed by atoms with Crippen molar-refractivity contribution in [2.75, 3.05) is 0 Å². The number of benzene rings is 1. The van der Waals surface area contributed by atoms with E-state index in [1.54, 1.807) is 29.7 Å². The van der Waals surface area contributed by atoms with Crippen LogP contribution in [0.5, 0.6) is 10.8 Å². The monoisotopic (exact) mass is 330 g/mol. The maximum absolute atomic E-state index is 6.01. The molecule has 0 aliphatic carbocycles. The van der Waals surface area contributed by atoms with Gasteiger partial charge in [-0.1, -0.05) is 67.1 Å². The lowest BCUT2D eigenvalue weighted by Gasteiger charge is -2.05. The van der Waals surface area contributed by atoms with Crippen LogP contribution in [-0.2, 0) is 0 Å². The van der Waals surface area contributed by atoms with Crippen molar-refractivity contribution in [3.8, 4) is 22.1 Å². The van der Waals surface area contributed by atoms with E-state index in [4.69, 9.17) is 21.3 Å². The number of thiazole rings is 1. The molecular weight excluding hydrogens is 316 g/mol. The molecule has 5 heteroatoms. The van der Waals surface area contributed by atoms with E-state index in [9.17, 15) is 0 Å². The van der Waals surface area contributed by atoms with Crippen molar-refractivity contribution in [2.24, 2.45) is 0 Å². The SMILES string of the molecule is CC(C)c1nc(-c2ccccc2)c(Oc2ccnc(Cl)c2)s1. The van der Waals surface area contributed by atoms with Gasteiger partial charge in [-0.2, -0.15) is 0 Å². The van der Waals surface area contributed by atoms with E-state index in [0.717, 1.165) is 21.3 Å². The van der Waals surface area contributed by atoms with Crippen molar-refractivity contribution in [1.82, 2.24) is 9.97 Å². The molecule has 0 unspecified atom stereocenters. The Morgan fingerprint density at radius 2 is 1.91 bits per heavy atom. The largest absolute Gasteiger partial charge is 0.444 e. The minimum Gasteiger partial charge on any atom is -0.444 e. The summed E-state index contributed by atoms with van der Waals surface area (Å²) in [6.07, 6.45) is 1.63. The predicted octanol–water partition coefficient (Wildman–Crippen LogP) is 5.77. The number of hydrogen-bond donors (Lipinski definition) is 0. The van der Waals surface area contributed by atoms with E-state index < -0.39 is 0 Å². The highest BCUT2D eigenvalue weighted by molar-refractivity contribution is 7.14. The van der Waals surface area contributed by atoms with Gasteiger partial charge in [0.2, 0.25) is 5.06 Å². The quantitative estimate of drug-likeness (QED) is 0.569. The second-order valence-electron chi connectivity index (χ2n) is 5.13. The maximum Gasteiger partial charge on any atom is 0.208 e. The standard InChI is InChI=1S/C17H15ClN2OS/c1-11(2)16-20-15(12-6-4-3-5-7-12)17(22-16)21-13-8-9-19-14(18)10-13/h3-11H,1-2H3. The van der Waals surface area contributed by atoms with Gasteiger partial charge in [0, 0.05) is 23.7 Å². The van der Waals surface area contributed by atoms with E-state index >= 15 is 0 Å². The third-order valence-corrected chi connectivity index (χ3v) is 4.50. The van der Waals surface area contributed by atoms with Crippen LogP contribution < -0.4 is 4.74 Å². The normalized spacial score (nSPS) is 10.9. The van der Waals surface area contributed by atoms with Crippen LogP contribution in [0, 0.1) is 0 Å². The molecule has 0 amide bonds. The fourth-order valence-corrected chi connectivity index (χ4v) is 3.10. The zero-order chi connectivity index (χ0) is 15.5. The average molecular weight is 331 g/mol. The van der Waals surface area contributed by atoms with Crippen molar-refractivity contribution in [3.05, 3.63) is 58.8 Å². The second kappa shape index (κ2) is 6.46. The molecule has 0 radical (unpaired) electrons. The van der Waals surface area contributed by atoms with Crippen LogP contribution in [0.25, 0.3) is 11.3 Å². The van der Waals surface area contributed by atoms with Gasteiger partial charge >= 0.3 is 0 Å². The Labute approximate surface area is 138 Å². The first-order valence-electron chi connectivity index (χ1n) is 6.99. The molecule has 3 rings (SSSR count). The summed E-state index contributed by atoms with van der Waals surface area (Å²) >= 11 is 7.49. The zero-order valence-corrected chi connectivity index (χ0v) is 13.9. The molecule has 0 aliphatic heterocycles. The summed E-state index contributed by atoms with van der Waals surface area (Å²) in [4.78, 5) is 8.71. The summed E-state index contributed by atoms with van der Waals surface area (Å²) in [5.41, 5.74) is 1.91. The molecule has 0 aliphatic rings. The predicted molar refractivity (Wildman–Crippen MR) is 91.0 cm³/mol. The topological polar surface area (TPSA) is 35.0 Å². The lowest BCUT2D eigenvalue weighted by molar-refractivity contribution is 0.496. The van der Waals surface area contributed by atoms with E-state index in [-0.39, 0.29) is 0 Å². The minimum absolute atomic E-state index is 0.353. The van der Waals surface area contributed by atoms with Gasteiger partial charge in [-0.3, -0.25) is 0 Å². The summed E-state index contributed by atoms with van der Waals surface area (Å²) in [6.45, 7) is 4.25. The Morgan fingerprint density at radius 1 is 1.14 bits per heavy atom. The third-order valence-electron chi connectivity index (χ3n) is 3.06. The highest BCUT2D eigenvalue weighted by Crippen LogP contribution is 2.40. The summed E-state index contributed by atoms with van der Waals surface area (Å²) in [5.74, 6) is 1.02. The van der Waals surface area contributed by atoms with Crippen molar-refractivity contribution in [3.63, 3.8) is 0 Å². The van der Waals surface area contributed by atoms with Crippen molar-refractivity contribution in [1.29, 1.82) is 0 Å². The molecule has 3 nitrogen and oxygen atoms in total. The molecule has 0 bridgehead atoms. The highest BCUT2D eigenvalue weighted by atomic mass is 35.5. The van der Waals surface area contributed by atoms with Crippen LogP contribution in [0.2, 0.25) is 5.15 Å². The molecule has 22 heavy (non-hydrogen) atoms. The molecule has 0 saturated carbocycles. The van der Waals surface area contributed by atoms with Gasteiger partial charge in [-0.15, -0.1) is 0 Å². The number of nitrogens with zero attached hydrogens (tertiary/aromatic N) is 2.